The number of rotatable bonds is 1. The van der Waals surface area contributed by atoms with Gasteiger partial charge in [-0.2, -0.15) is 0 Å². The fourth-order valence-corrected chi connectivity index (χ4v) is 2.08. The number of aromatic nitrogens is 1. The Morgan fingerprint density at radius 3 is 2.72 bits per heavy atom. The molecule has 0 aliphatic rings. The van der Waals surface area contributed by atoms with Crippen LogP contribution < -0.4 is 10.6 Å². The zero-order valence-electron chi connectivity index (χ0n) is 10.8. The minimum atomic E-state index is -0.0392. The van der Waals surface area contributed by atoms with Crippen molar-refractivity contribution in [3.05, 3.63) is 36.5 Å². The second kappa shape index (κ2) is 4.90. The second-order valence-corrected chi connectivity index (χ2v) is 5.65. The van der Waals surface area contributed by atoms with Crippen molar-refractivity contribution in [1.29, 1.82) is 0 Å². The normalized spacial score (nSPS) is 11.3. The molecule has 4 heteroatoms. The summed E-state index contributed by atoms with van der Waals surface area (Å²) in [5, 5.41) is 8.13. The van der Waals surface area contributed by atoms with Gasteiger partial charge in [-0.05, 0) is 57.3 Å². The maximum Gasteiger partial charge on any atom is 0.171 e. The molecule has 3 nitrogen and oxygen atoms in total. The van der Waals surface area contributed by atoms with E-state index in [1.165, 1.54) is 0 Å². The van der Waals surface area contributed by atoms with E-state index in [2.05, 4.69) is 36.4 Å². The van der Waals surface area contributed by atoms with Gasteiger partial charge in [0.05, 0.1) is 5.52 Å². The minimum absolute atomic E-state index is 0.0392. The Balaban J connectivity index is 2.15. The lowest BCUT2D eigenvalue weighted by molar-refractivity contribution is 0.515. The standard InChI is InChI=1S/C14H17N3S/c1-14(2,3)17-13(18)16-11-6-7-12-10(9-11)5-4-8-15-12/h4-9H,1-3H3,(H2,16,17,18). The van der Waals surface area contributed by atoms with E-state index in [-0.39, 0.29) is 5.54 Å². The highest BCUT2D eigenvalue weighted by molar-refractivity contribution is 7.80. The lowest BCUT2D eigenvalue weighted by Gasteiger charge is -2.23. The van der Waals surface area contributed by atoms with Gasteiger partial charge in [0.2, 0.25) is 0 Å². The maximum atomic E-state index is 5.27. The summed E-state index contributed by atoms with van der Waals surface area (Å²) in [5.74, 6) is 0. The average Bonchev–Trinajstić information content (AvgIpc) is 2.26. The van der Waals surface area contributed by atoms with Gasteiger partial charge >= 0.3 is 0 Å². The molecule has 2 aromatic rings. The van der Waals surface area contributed by atoms with Gasteiger partial charge in [0, 0.05) is 22.8 Å². The highest BCUT2D eigenvalue weighted by Crippen LogP contribution is 2.17. The molecule has 0 spiro atoms. The van der Waals surface area contributed by atoms with Crippen LogP contribution in [0.25, 0.3) is 10.9 Å². The molecule has 0 fully saturated rings. The zero-order chi connectivity index (χ0) is 13.2. The van der Waals surface area contributed by atoms with Crippen LogP contribution >= 0.6 is 12.2 Å². The molecule has 1 heterocycles. The van der Waals surface area contributed by atoms with Crippen molar-refractivity contribution in [2.75, 3.05) is 5.32 Å². The first-order valence-corrected chi connectivity index (χ1v) is 6.29. The first-order chi connectivity index (χ1) is 8.44. The minimum Gasteiger partial charge on any atom is -0.358 e. The van der Waals surface area contributed by atoms with E-state index < -0.39 is 0 Å². The third-order valence-electron chi connectivity index (χ3n) is 2.35. The SMILES string of the molecule is CC(C)(C)NC(=S)Nc1ccc2ncccc2c1. The van der Waals surface area contributed by atoms with Crippen molar-refractivity contribution in [3.8, 4) is 0 Å². The summed E-state index contributed by atoms with van der Waals surface area (Å²) in [6.45, 7) is 6.22. The summed E-state index contributed by atoms with van der Waals surface area (Å²) < 4.78 is 0. The summed E-state index contributed by atoms with van der Waals surface area (Å²) in [5.41, 5.74) is 1.91. The molecular formula is C14H17N3S. The van der Waals surface area contributed by atoms with Crippen LogP contribution in [0.3, 0.4) is 0 Å². The van der Waals surface area contributed by atoms with Gasteiger partial charge in [-0.15, -0.1) is 0 Å². The van der Waals surface area contributed by atoms with Crippen LogP contribution in [0.4, 0.5) is 5.69 Å². The summed E-state index contributed by atoms with van der Waals surface area (Å²) in [6.07, 6.45) is 1.79. The van der Waals surface area contributed by atoms with Gasteiger partial charge in [-0.25, -0.2) is 0 Å². The molecule has 0 saturated carbocycles. The topological polar surface area (TPSA) is 37.0 Å². The van der Waals surface area contributed by atoms with Gasteiger partial charge in [0.25, 0.3) is 0 Å². The van der Waals surface area contributed by atoms with Crippen LogP contribution in [0.2, 0.25) is 0 Å². The summed E-state index contributed by atoms with van der Waals surface area (Å²) >= 11 is 5.27. The van der Waals surface area contributed by atoms with Crippen molar-refractivity contribution < 1.29 is 0 Å². The van der Waals surface area contributed by atoms with Crippen LogP contribution in [-0.4, -0.2) is 15.6 Å². The van der Waals surface area contributed by atoms with E-state index in [1.54, 1.807) is 6.20 Å². The molecule has 1 aromatic heterocycles. The number of thiocarbonyl (C=S) groups is 1. The predicted octanol–water partition coefficient (Wildman–Crippen LogP) is 3.32. The Morgan fingerprint density at radius 1 is 1.22 bits per heavy atom. The molecule has 18 heavy (non-hydrogen) atoms. The third-order valence-corrected chi connectivity index (χ3v) is 2.55. The summed E-state index contributed by atoms with van der Waals surface area (Å²) in [6, 6.07) is 9.97. The van der Waals surface area contributed by atoms with Crippen molar-refractivity contribution in [2.24, 2.45) is 0 Å². The molecule has 2 N–H and O–H groups in total. The van der Waals surface area contributed by atoms with Crippen LogP contribution in [-0.2, 0) is 0 Å². The van der Waals surface area contributed by atoms with Crippen LogP contribution in [0.1, 0.15) is 20.8 Å². The van der Waals surface area contributed by atoms with Gasteiger partial charge in [0.15, 0.2) is 5.11 Å². The first-order valence-electron chi connectivity index (χ1n) is 5.88. The third kappa shape index (κ3) is 3.40. The number of hydrogen-bond donors (Lipinski definition) is 2. The Morgan fingerprint density at radius 2 is 2.00 bits per heavy atom. The second-order valence-electron chi connectivity index (χ2n) is 5.24. The molecule has 94 valence electrons. The van der Waals surface area contributed by atoms with Gasteiger partial charge in [-0.1, -0.05) is 6.07 Å². The summed E-state index contributed by atoms with van der Waals surface area (Å²) in [4.78, 5) is 4.28. The molecule has 0 unspecified atom stereocenters. The predicted molar refractivity (Wildman–Crippen MR) is 80.9 cm³/mol. The molecule has 0 radical (unpaired) electrons. The quantitative estimate of drug-likeness (QED) is 0.770. The zero-order valence-corrected chi connectivity index (χ0v) is 11.6. The monoisotopic (exact) mass is 259 g/mol. The van der Waals surface area contributed by atoms with Gasteiger partial charge in [0.1, 0.15) is 0 Å². The van der Waals surface area contributed by atoms with Crippen molar-refractivity contribution in [1.82, 2.24) is 10.3 Å². The van der Waals surface area contributed by atoms with Gasteiger partial charge in [-0.3, -0.25) is 4.98 Å². The van der Waals surface area contributed by atoms with E-state index in [4.69, 9.17) is 12.2 Å². The molecule has 1 aromatic carbocycles. The fourth-order valence-electron chi connectivity index (χ4n) is 1.66. The largest absolute Gasteiger partial charge is 0.358 e. The molecule has 0 saturated heterocycles. The van der Waals surface area contributed by atoms with E-state index in [9.17, 15) is 0 Å². The van der Waals surface area contributed by atoms with Crippen molar-refractivity contribution in [2.45, 2.75) is 26.3 Å². The molecule has 2 rings (SSSR count). The summed E-state index contributed by atoms with van der Waals surface area (Å²) in [7, 11) is 0. The smallest absolute Gasteiger partial charge is 0.171 e. The molecular weight excluding hydrogens is 242 g/mol. The Labute approximate surface area is 113 Å². The number of nitrogens with zero attached hydrogens (tertiary/aromatic N) is 1. The van der Waals surface area contributed by atoms with Gasteiger partial charge < -0.3 is 10.6 Å². The number of pyridine rings is 1. The number of fused-ring (bicyclic) bond motifs is 1. The van der Waals surface area contributed by atoms with E-state index in [0.29, 0.717) is 5.11 Å². The lowest BCUT2D eigenvalue weighted by atomic mass is 10.1. The van der Waals surface area contributed by atoms with Crippen LogP contribution in [0, 0.1) is 0 Å². The molecule has 0 atom stereocenters. The van der Waals surface area contributed by atoms with E-state index >= 15 is 0 Å². The highest BCUT2D eigenvalue weighted by Gasteiger charge is 2.10. The Kier molecular flexibility index (Phi) is 3.48. The molecule has 0 amide bonds. The fraction of sp³-hybridized carbons (Fsp3) is 0.286. The Hall–Kier alpha value is -1.68. The van der Waals surface area contributed by atoms with Crippen LogP contribution in [0.5, 0.6) is 0 Å². The number of benzene rings is 1. The Bertz CT molecular complexity index is 573. The molecule has 0 aliphatic carbocycles. The molecule has 0 bridgehead atoms. The van der Waals surface area contributed by atoms with Crippen molar-refractivity contribution >= 4 is 33.9 Å². The van der Waals surface area contributed by atoms with Crippen molar-refractivity contribution in [3.63, 3.8) is 0 Å². The lowest BCUT2D eigenvalue weighted by Crippen LogP contribution is -2.42. The van der Waals surface area contributed by atoms with Crippen LogP contribution in [0.15, 0.2) is 36.5 Å². The maximum absolute atomic E-state index is 5.27. The number of anilines is 1. The average molecular weight is 259 g/mol. The highest BCUT2D eigenvalue weighted by atomic mass is 32.1. The first kappa shape index (κ1) is 12.8. The number of hydrogen-bond acceptors (Lipinski definition) is 2. The number of nitrogens with one attached hydrogen (secondary N) is 2. The molecule has 0 aliphatic heterocycles. The van der Waals surface area contributed by atoms with E-state index in [0.717, 1.165) is 16.6 Å². The van der Waals surface area contributed by atoms with E-state index in [1.807, 2.05) is 30.3 Å².